The van der Waals surface area contributed by atoms with E-state index < -0.39 is 6.04 Å². The zero-order chi connectivity index (χ0) is 19.5. The average molecular weight is 398 g/mol. The molecule has 2 aromatic heterocycles. The van der Waals surface area contributed by atoms with Crippen molar-refractivity contribution in [2.45, 2.75) is 31.8 Å². The highest BCUT2D eigenvalue weighted by molar-refractivity contribution is 8.14. The van der Waals surface area contributed by atoms with Crippen LogP contribution >= 0.6 is 11.8 Å². The van der Waals surface area contributed by atoms with Crippen LogP contribution in [-0.4, -0.2) is 50.8 Å². The number of nitrogens with zero attached hydrogens (tertiary/aromatic N) is 4. The number of hydrogen-bond donors (Lipinski definition) is 2. The van der Waals surface area contributed by atoms with E-state index >= 15 is 0 Å². The summed E-state index contributed by atoms with van der Waals surface area (Å²) < 4.78 is 0. The van der Waals surface area contributed by atoms with Gasteiger partial charge in [-0.2, -0.15) is 0 Å². The van der Waals surface area contributed by atoms with Crippen LogP contribution in [0.1, 0.15) is 37.1 Å². The maximum atomic E-state index is 12.7. The van der Waals surface area contributed by atoms with Crippen LogP contribution in [0.3, 0.4) is 0 Å². The molecular formula is C19H22N6O2S. The predicted octanol–water partition coefficient (Wildman–Crippen LogP) is 1.50. The molecule has 0 unspecified atom stereocenters. The fourth-order valence-electron chi connectivity index (χ4n) is 3.31. The summed E-state index contributed by atoms with van der Waals surface area (Å²) in [5.41, 5.74) is 1.32. The zero-order valence-electron chi connectivity index (χ0n) is 15.6. The number of carbonyl (C=O) groups excluding carboxylic acids is 1. The molecule has 0 bridgehead atoms. The number of rotatable bonds is 5. The number of anilines is 1. The molecule has 0 spiro atoms. The summed E-state index contributed by atoms with van der Waals surface area (Å²) in [5, 5.41) is 3.80. The van der Waals surface area contributed by atoms with Gasteiger partial charge in [-0.25, -0.2) is 4.98 Å². The molecule has 28 heavy (non-hydrogen) atoms. The number of aliphatic imine (C=N–C) groups is 1. The minimum atomic E-state index is -0.448. The maximum absolute atomic E-state index is 12.7. The van der Waals surface area contributed by atoms with Crippen molar-refractivity contribution in [2.75, 3.05) is 23.7 Å². The van der Waals surface area contributed by atoms with E-state index in [0.717, 1.165) is 36.5 Å². The minimum Gasteiger partial charge on any atom is -0.346 e. The van der Waals surface area contributed by atoms with Gasteiger partial charge < -0.3 is 10.2 Å². The van der Waals surface area contributed by atoms with Gasteiger partial charge in [-0.15, -0.1) is 11.8 Å². The summed E-state index contributed by atoms with van der Waals surface area (Å²) in [4.78, 5) is 42.7. The summed E-state index contributed by atoms with van der Waals surface area (Å²) in [6.45, 7) is 3.61. The second kappa shape index (κ2) is 8.14. The fourth-order valence-corrected chi connectivity index (χ4v) is 4.35. The summed E-state index contributed by atoms with van der Waals surface area (Å²) in [6, 6.07) is 4.39. The molecule has 2 aromatic rings. The Labute approximate surface area is 166 Å². The van der Waals surface area contributed by atoms with Crippen molar-refractivity contribution in [1.82, 2.24) is 20.3 Å². The van der Waals surface area contributed by atoms with Gasteiger partial charge in [0.05, 0.1) is 16.8 Å². The zero-order valence-corrected chi connectivity index (χ0v) is 16.4. The van der Waals surface area contributed by atoms with Crippen molar-refractivity contribution < 1.29 is 4.79 Å². The van der Waals surface area contributed by atoms with Gasteiger partial charge in [-0.05, 0) is 31.9 Å². The van der Waals surface area contributed by atoms with Gasteiger partial charge in [-0.1, -0.05) is 0 Å². The summed E-state index contributed by atoms with van der Waals surface area (Å²) in [5.74, 6) is 1.02. The van der Waals surface area contributed by atoms with Gasteiger partial charge in [0.15, 0.2) is 0 Å². The number of thioether (sulfide) groups is 1. The minimum absolute atomic E-state index is 0.158. The third-order valence-corrected chi connectivity index (χ3v) is 5.93. The fraction of sp³-hybridized carbons (Fsp3) is 0.421. The van der Waals surface area contributed by atoms with Crippen LogP contribution in [0.5, 0.6) is 0 Å². The summed E-state index contributed by atoms with van der Waals surface area (Å²) in [7, 11) is 0. The molecule has 2 aliphatic rings. The highest BCUT2D eigenvalue weighted by atomic mass is 32.2. The number of aromatic nitrogens is 3. The molecule has 1 fully saturated rings. The van der Waals surface area contributed by atoms with Gasteiger partial charge in [0, 0.05) is 42.9 Å². The quantitative estimate of drug-likeness (QED) is 0.791. The Balaban J connectivity index is 1.45. The molecule has 1 saturated heterocycles. The Hall–Kier alpha value is -2.68. The number of H-pyrrole nitrogens is 1. The van der Waals surface area contributed by atoms with E-state index in [1.165, 1.54) is 6.07 Å². The molecule has 0 aromatic carbocycles. The lowest BCUT2D eigenvalue weighted by Crippen LogP contribution is -2.36. The van der Waals surface area contributed by atoms with E-state index in [9.17, 15) is 9.59 Å². The lowest BCUT2D eigenvalue weighted by Gasteiger charge is -2.19. The first-order valence-corrected chi connectivity index (χ1v) is 10.4. The molecular weight excluding hydrogens is 376 g/mol. The highest BCUT2D eigenvalue weighted by Gasteiger charge is 2.27. The highest BCUT2D eigenvalue weighted by Crippen LogP contribution is 2.24. The van der Waals surface area contributed by atoms with Crippen LogP contribution in [-0.2, 0) is 4.79 Å². The van der Waals surface area contributed by atoms with Crippen LogP contribution < -0.4 is 15.8 Å². The molecule has 2 aliphatic heterocycles. The molecule has 2 atom stereocenters. The van der Waals surface area contributed by atoms with Crippen LogP contribution in [0.15, 0.2) is 40.4 Å². The van der Waals surface area contributed by atoms with Gasteiger partial charge in [0.2, 0.25) is 11.9 Å². The van der Waals surface area contributed by atoms with Crippen LogP contribution in [0.2, 0.25) is 0 Å². The monoisotopic (exact) mass is 398 g/mol. The van der Waals surface area contributed by atoms with Crippen molar-refractivity contribution in [3.8, 4) is 0 Å². The Morgan fingerprint density at radius 2 is 2.07 bits per heavy atom. The van der Waals surface area contributed by atoms with Crippen molar-refractivity contribution in [3.05, 3.63) is 52.2 Å². The first kappa shape index (κ1) is 18.7. The average Bonchev–Trinajstić information content (AvgIpc) is 3.40. The number of carbonyl (C=O) groups is 1. The van der Waals surface area contributed by atoms with E-state index in [1.54, 1.807) is 24.2 Å². The SMILES string of the molecule is C[C@H](NC(=O)[C@@H]1CSC(c2ccncc2)=N1)c1cc(=O)[nH]c(N2CCCC2)n1. The molecule has 0 saturated carbocycles. The van der Waals surface area contributed by atoms with Gasteiger partial charge in [0.25, 0.3) is 5.56 Å². The van der Waals surface area contributed by atoms with Crippen molar-refractivity contribution in [2.24, 2.45) is 4.99 Å². The topological polar surface area (TPSA) is 103 Å². The first-order chi connectivity index (χ1) is 13.6. The number of amides is 1. The van der Waals surface area contributed by atoms with Crippen molar-refractivity contribution in [1.29, 1.82) is 0 Å². The van der Waals surface area contributed by atoms with Crippen LogP contribution in [0.4, 0.5) is 5.95 Å². The lowest BCUT2D eigenvalue weighted by molar-refractivity contribution is -0.122. The van der Waals surface area contributed by atoms with Gasteiger partial charge in [-0.3, -0.25) is 24.5 Å². The molecule has 4 rings (SSSR count). The van der Waals surface area contributed by atoms with Crippen LogP contribution in [0, 0.1) is 0 Å². The van der Waals surface area contributed by atoms with Crippen molar-refractivity contribution in [3.63, 3.8) is 0 Å². The molecule has 0 radical (unpaired) electrons. The van der Waals surface area contributed by atoms with Gasteiger partial charge >= 0.3 is 0 Å². The summed E-state index contributed by atoms with van der Waals surface area (Å²) in [6.07, 6.45) is 5.61. The Kier molecular flexibility index (Phi) is 5.43. The smallest absolute Gasteiger partial charge is 0.252 e. The van der Waals surface area contributed by atoms with E-state index in [1.807, 2.05) is 19.1 Å². The van der Waals surface area contributed by atoms with Gasteiger partial charge in [0.1, 0.15) is 6.04 Å². The lowest BCUT2D eigenvalue weighted by atomic mass is 10.2. The van der Waals surface area contributed by atoms with E-state index in [2.05, 4.69) is 30.2 Å². The second-order valence-corrected chi connectivity index (χ2v) is 7.92. The Bertz CT molecular complexity index is 939. The van der Waals surface area contributed by atoms with Crippen LogP contribution in [0.25, 0.3) is 0 Å². The number of aromatic amines is 1. The van der Waals surface area contributed by atoms with Crippen molar-refractivity contribution >= 4 is 28.7 Å². The normalized spacial score (nSPS) is 20.1. The number of hydrogen-bond acceptors (Lipinski definition) is 7. The Morgan fingerprint density at radius 1 is 1.32 bits per heavy atom. The molecule has 1 amide bonds. The second-order valence-electron chi connectivity index (χ2n) is 6.92. The number of nitrogens with one attached hydrogen (secondary N) is 2. The third-order valence-electron chi connectivity index (χ3n) is 4.84. The van der Waals surface area contributed by atoms with E-state index in [0.29, 0.717) is 17.4 Å². The molecule has 4 heterocycles. The largest absolute Gasteiger partial charge is 0.346 e. The third kappa shape index (κ3) is 4.09. The molecule has 146 valence electrons. The first-order valence-electron chi connectivity index (χ1n) is 9.38. The Morgan fingerprint density at radius 3 is 2.82 bits per heavy atom. The molecule has 0 aliphatic carbocycles. The maximum Gasteiger partial charge on any atom is 0.252 e. The molecule has 2 N–H and O–H groups in total. The van der Waals surface area contributed by atoms with E-state index in [-0.39, 0.29) is 17.5 Å². The molecule has 9 heteroatoms. The standard InChI is InChI=1S/C19H22N6O2S/c1-12(14-10-16(26)24-19(23-14)25-8-2-3-9-25)21-17(27)15-11-28-18(22-15)13-4-6-20-7-5-13/h4-7,10,12,15H,2-3,8-9,11H2,1H3,(H,21,27)(H,23,24,26)/t12-,15-/m0/s1. The predicted molar refractivity (Wildman–Crippen MR) is 110 cm³/mol. The summed E-state index contributed by atoms with van der Waals surface area (Å²) >= 11 is 1.56. The molecule has 8 nitrogen and oxygen atoms in total. The number of pyridine rings is 1. The van der Waals surface area contributed by atoms with E-state index in [4.69, 9.17) is 0 Å².